The first kappa shape index (κ1) is 17.8. The number of hydrogen-bond donors (Lipinski definition) is 2. The van der Waals surface area contributed by atoms with Crippen molar-refractivity contribution in [3.8, 4) is 0 Å². The molecule has 0 aliphatic carbocycles. The van der Waals surface area contributed by atoms with Crippen LogP contribution in [-0.2, 0) is 9.53 Å². The van der Waals surface area contributed by atoms with Crippen molar-refractivity contribution in [2.45, 2.75) is 34.3 Å². The molecule has 118 valence electrons. The highest BCUT2D eigenvalue weighted by molar-refractivity contribution is 14.1. The number of carbonyl (C=O) groups is 1. The molecule has 11 heteroatoms. The number of alkyl halides is 7. The Labute approximate surface area is 123 Å². The molecular weight excluding hydrogens is 411 g/mol. The molecule has 2 atom stereocenters. The summed E-state index contributed by atoms with van der Waals surface area (Å²) in [6.45, 7) is -0.526. The fraction of sp³-hybridized carbons (Fsp3) is 0.889. The molecule has 0 spiro atoms. The minimum atomic E-state index is -6.01. The molecule has 2 unspecified atom stereocenters. The minimum Gasteiger partial charge on any atom is -0.461 e. The SMILES string of the molecule is CC(I)(C(=O)OCC(O)(C(F)(F)F)C(F)(F)F)C1CN1. The van der Waals surface area contributed by atoms with Crippen LogP contribution in [0.25, 0.3) is 0 Å². The maximum Gasteiger partial charge on any atom is 0.429 e. The molecule has 1 heterocycles. The van der Waals surface area contributed by atoms with Crippen LogP contribution in [-0.4, -0.2) is 51.6 Å². The monoisotopic (exact) mass is 421 g/mol. The van der Waals surface area contributed by atoms with Gasteiger partial charge in [-0.2, -0.15) is 26.3 Å². The zero-order valence-electron chi connectivity index (χ0n) is 9.90. The Morgan fingerprint density at radius 1 is 1.30 bits per heavy atom. The molecule has 1 fully saturated rings. The summed E-state index contributed by atoms with van der Waals surface area (Å²) in [6.07, 6.45) is -12.0. The molecule has 1 saturated heterocycles. The van der Waals surface area contributed by atoms with Gasteiger partial charge >= 0.3 is 18.3 Å². The highest BCUT2D eigenvalue weighted by Gasteiger charge is 2.71. The molecule has 20 heavy (non-hydrogen) atoms. The van der Waals surface area contributed by atoms with Crippen LogP contribution in [0, 0.1) is 0 Å². The van der Waals surface area contributed by atoms with Gasteiger partial charge in [0, 0.05) is 12.6 Å². The normalized spacial score (nSPS) is 23.1. The van der Waals surface area contributed by atoms with Crippen molar-refractivity contribution in [3.05, 3.63) is 0 Å². The quantitative estimate of drug-likeness (QED) is 0.238. The van der Waals surface area contributed by atoms with E-state index in [4.69, 9.17) is 5.11 Å². The molecule has 1 aliphatic heterocycles. The minimum absolute atomic E-state index is 0.388. The Morgan fingerprint density at radius 2 is 1.70 bits per heavy atom. The van der Waals surface area contributed by atoms with Crippen LogP contribution < -0.4 is 5.32 Å². The molecule has 0 bridgehead atoms. The van der Waals surface area contributed by atoms with E-state index in [0.29, 0.717) is 6.54 Å². The van der Waals surface area contributed by atoms with E-state index < -0.39 is 34.0 Å². The van der Waals surface area contributed by atoms with Crippen molar-refractivity contribution in [1.82, 2.24) is 5.32 Å². The lowest BCUT2D eigenvalue weighted by Gasteiger charge is -2.32. The molecule has 1 aliphatic rings. The van der Waals surface area contributed by atoms with Crippen LogP contribution in [0.4, 0.5) is 26.3 Å². The second-order valence-electron chi connectivity index (χ2n) is 4.47. The average Bonchev–Trinajstić information content (AvgIpc) is 3.05. The number of aliphatic hydroxyl groups is 1. The fourth-order valence-corrected chi connectivity index (χ4v) is 1.82. The van der Waals surface area contributed by atoms with Gasteiger partial charge in [0.25, 0.3) is 5.60 Å². The van der Waals surface area contributed by atoms with Crippen molar-refractivity contribution in [1.29, 1.82) is 0 Å². The number of nitrogens with one attached hydrogen (secondary N) is 1. The second kappa shape index (κ2) is 5.16. The van der Waals surface area contributed by atoms with Gasteiger partial charge in [0.15, 0.2) is 0 Å². The summed E-state index contributed by atoms with van der Waals surface area (Å²) in [5, 5.41) is 11.5. The summed E-state index contributed by atoms with van der Waals surface area (Å²) in [5.74, 6) is -1.26. The first-order chi connectivity index (χ1) is 8.73. The fourth-order valence-electron chi connectivity index (χ4n) is 1.22. The first-order valence-electron chi connectivity index (χ1n) is 5.19. The van der Waals surface area contributed by atoms with Gasteiger partial charge in [-0.25, -0.2) is 0 Å². The third-order valence-corrected chi connectivity index (χ3v) is 4.00. The Hall–Kier alpha value is -0.300. The van der Waals surface area contributed by atoms with E-state index in [9.17, 15) is 31.1 Å². The van der Waals surface area contributed by atoms with Crippen LogP contribution in [0.2, 0.25) is 0 Å². The summed E-state index contributed by atoms with van der Waals surface area (Å²) in [5.41, 5.74) is -5.08. The summed E-state index contributed by atoms with van der Waals surface area (Å²) in [4.78, 5) is 11.5. The van der Waals surface area contributed by atoms with Crippen LogP contribution in [0.3, 0.4) is 0 Å². The Bertz CT molecular complexity index is 376. The molecule has 2 N–H and O–H groups in total. The van der Waals surface area contributed by atoms with Crippen molar-refractivity contribution < 1.29 is 41.0 Å². The van der Waals surface area contributed by atoms with Crippen molar-refractivity contribution in [2.24, 2.45) is 0 Å². The van der Waals surface area contributed by atoms with E-state index >= 15 is 0 Å². The summed E-state index contributed by atoms with van der Waals surface area (Å²) in [7, 11) is 0. The van der Waals surface area contributed by atoms with Gasteiger partial charge in [0.1, 0.15) is 10.0 Å². The van der Waals surface area contributed by atoms with Gasteiger partial charge in [0.2, 0.25) is 0 Å². The number of carbonyl (C=O) groups excluding carboxylic acids is 1. The van der Waals surface area contributed by atoms with Gasteiger partial charge in [-0.05, 0) is 6.92 Å². The predicted octanol–water partition coefficient (Wildman–Crippen LogP) is 1.55. The maximum absolute atomic E-state index is 12.3. The third-order valence-electron chi connectivity index (χ3n) is 2.81. The number of hydrogen-bond acceptors (Lipinski definition) is 4. The number of halogens is 7. The largest absolute Gasteiger partial charge is 0.461 e. The van der Waals surface area contributed by atoms with E-state index in [1.807, 2.05) is 0 Å². The topological polar surface area (TPSA) is 68.5 Å². The smallest absolute Gasteiger partial charge is 0.429 e. The van der Waals surface area contributed by atoms with E-state index in [-0.39, 0.29) is 6.04 Å². The molecule has 0 aromatic rings. The van der Waals surface area contributed by atoms with Gasteiger partial charge in [0.05, 0.1) is 0 Å². The van der Waals surface area contributed by atoms with Crippen molar-refractivity contribution >= 4 is 28.6 Å². The van der Waals surface area contributed by atoms with Crippen LogP contribution in [0.5, 0.6) is 0 Å². The lowest BCUT2D eigenvalue weighted by molar-refractivity contribution is -0.375. The van der Waals surface area contributed by atoms with Crippen LogP contribution in [0.15, 0.2) is 0 Å². The number of ether oxygens (including phenoxy) is 1. The first-order valence-corrected chi connectivity index (χ1v) is 6.26. The van der Waals surface area contributed by atoms with Crippen molar-refractivity contribution in [2.75, 3.05) is 13.2 Å². The molecular formula is C9H10F6INO3. The highest BCUT2D eigenvalue weighted by Crippen LogP contribution is 2.43. The van der Waals surface area contributed by atoms with Gasteiger partial charge in [-0.3, -0.25) is 4.79 Å². The van der Waals surface area contributed by atoms with E-state index in [0.717, 1.165) is 0 Å². The van der Waals surface area contributed by atoms with Crippen LogP contribution in [0.1, 0.15) is 6.92 Å². The molecule has 0 saturated carbocycles. The van der Waals surface area contributed by atoms with E-state index in [2.05, 4.69) is 10.1 Å². The van der Waals surface area contributed by atoms with E-state index in [1.54, 1.807) is 22.6 Å². The summed E-state index contributed by atoms with van der Waals surface area (Å²) < 4.78 is 76.8. The lowest BCUT2D eigenvalue weighted by Crippen LogP contribution is -2.60. The zero-order chi connectivity index (χ0) is 16.0. The molecule has 0 aromatic heterocycles. The molecule has 0 radical (unpaired) electrons. The predicted molar refractivity (Wildman–Crippen MR) is 62.2 cm³/mol. The second-order valence-corrected chi connectivity index (χ2v) is 6.71. The third kappa shape index (κ3) is 3.30. The van der Waals surface area contributed by atoms with Crippen molar-refractivity contribution in [3.63, 3.8) is 0 Å². The maximum atomic E-state index is 12.3. The molecule has 4 nitrogen and oxygen atoms in total. The Kier molecular flexibility index (Phi) is 4.58. The average molecular weight is 421 g/mol. The molecule has 1 rings (SSSR count). The summed E-state index contributed by atoms with van der Waals surface area (Å²) >= 11 is 1.57. The number of esters is 1. The standard InChI is InChI=1S/C9H10F6INO3/c1-6(16,4-2-17-4)5(18)20-3-7(19,8(10,11)12)9(13,14)15/h4,17,19H,2-3H2,1H3. The molecule has 0 amide bonds. The lowest BCUT2D eigenvalue weighted by atomic mass is 10.0. The highest BCUT2D eigenvalue weighted by atomic mass is 127. The Balaban J connectivity index is 2.81. The van der Waals surface area contributed by atoms with Crippen LogP contribution >= 0.6 is 22.6 Å². The summed E-state index contributed by atoms with van der Waals surface area (Å²) in [6, 6.07) is -0.388. The number of rotatable bonds is 4. The van der Waals surface area contributed by atoms with Gasteiger partial charge in [-0.15, -0.1) is 0 Å². The zero-order valence-corrected chi connectivity index (χ0v) is 12.1. The van der Waals surface area contributed by atoms with Gasteiger partial charge < -0.3 is 15.2 Å². The Morgan fingerprint density at radius 3 is 2.00 bits per heavy atom. The molecule has 0 aromatic carbocycles. The van der Waals surface area contributed by atoms with E-state index in [1.165, 1.54) is 6.92 Å². The van der Waals surface area contributed by atoms with Gasteiger partial charge in [-0.1, -0.05) is 22.6 Å².